The van der Waals surface area contributed by atoms with Crippen LogP contribution in [-0.2, 0) is 9.53 Å². The van der Waals surface area contributed by atoms with Gasteiger partial charge in [0.15, 0.2) is 5.82 Å². The number of rotatable bonds is 3. The smallest absolute Gasteiger partial charge is 0.324 e. The van der Waals surface area contributed by atoms with Gasteiger partial charge in [-0.1, -0.05) is 5.16 Å². The minimum Gasteiger partial charge on any atom is -0.379 e. The lowest BCUT2D eigenvalue weighted by Crippen LogP contribution is -2.58. The number of carbonyl (C=O) groups is 1. The van der Waals surface area contributed by atoms with E-state index in [-0.39, 0.29) is 6.04 Å². The molecule has 5 aliphatic heterocycles. The number of aromatic nitrogens is 2. The molecule has 164 valence electrons. The summed E-state index contributed by atoms with van der Waals surface area (Å²) in [6, 6.07) is 1.51. The molecule has 1 amide bonds. The van der Waals surface area contributed by atoms with Crippen LogP contribution >= 0.6 is 0 Å². The number of anilines is 1. The maximum absolute atomic E-state index is 12.9. The molecular weight excluding hydrogens is 382 g/mol. The minimum absolute atomic E-state index is 0.286. The van der Waals surface area contributed by atoms with Crippen molar-refractivity contribution in [1.82, 2.24) is 19.9 Å². The number of aryl methyl sites for hydroxylation is 1. The maximum Gasteiger partial charge on any atom is 0.324 e. The molecule has 6 fully saturated rings. The fraction of sp³-hybridized carbons (Fsp3) is 0.864. The third-order valence-corrected chi connectivity index (χ3v) is 8.28. The van der Waals surface area contributed by atoms with Gasteiger partial charge in [-0.05, 0) is 56.8 Å². The molecule has 8 nitrogen and oxygen atoms in total. The molecule has 5 saturated heterocycles. The summed E-state index contributed by atoms with van der Waals surface area (Å²) >= 11 is 0. The van der Waals surface area contributed by atoms with Gasteiger partial charge in [0.25, 0.3) is 0 Å². The van der Waals surface area contributed by atoms with Crippen molar-refractivity contribution in [2.45, 2.75) is 51.1 Å². The largest absolute Gasteiger partial charge is 0.379 e. The van der Waals surface area contributed by atoms with Crippen LogP contribution in [0, 0.1) is 30.6 Å². The summed E-state index contributed by atoms with van der Waals surface area (Å²) in [5.41, 5.74) is 0. The van der Waals surface area contributed by atoms with E-state index in [4.69, 9.17) is 9.26 Å². The van der Waals surface area contributed by atoms with Gasteiger partial charge in [-0.2, -0.15) is 4.98 Å². The van der Waals surface area contributed by atoms with E-state index >= 15 is 0 Å². The Balaban J connectivity index is 1.11. The first kappa shape index (κ1) is 19.0. The van der Waals surface area contributed by atoms with E-state index in [1.165, 1.54) is 19.3 Å². The van der Waals surface area contributed by atoms with Crippen LogP contribution in [0.5, 0.6) is 0 Å². The normalized spacial score (nSPS) is 39.0. The summed E-state index contributed by atoms with van der Waals surface area (Å²) in [4.78, 5) is 24.6. The van der Waals surface area contributed by atoms with Gasteiger partial charge in [-0.15, -0.1) is 0 Å². The van der Waals surface area contributed by atoms with Crippen molar-refractivity contribution in [3.05, 3.63) is 5.82 Å². The summed E-state index contributed by atoms with van der Waals surface area (Å²) in [6.07, 6.45) is 5.80. The topological polar surface area (TPSA) is 74.9 Å². The van der Waals surface area contributed by atoms with Gasteiger partial charge in [0, 0.05) is 51.3 Å². The number of likely N-dealkylation sites (tertiary alicyclic amines) is 2. The molecule has 30 heavy (non-hydrogen) atoms. The quantitative estimate of drug-likeness (QED) is 0.741. The van der Waals surface area contributed by atoms with Crippen molar-refractivity contribution in [2.24, 2.45) is 23.7 Å². The molecule has 0 radical (unpaired) electrons. The SMILES string of the molecule is Cc1noc(N2CC3CCOCC2CC3N2C[C@@H]3[C@H](C2)[C@H]3C(=O)N2CCCCC2)n1. The van der Waals surface area contributed by atoms with Crippen LogP contribution in [0.15, 0.2) is 4.52 Å². The fourth-order valence-electron chi connectivity index (χ4n) is 6.62. The van der Waals surface area contributed by atoms with E-state index in [2.05, 4.69) is 24.8 Å². The van der Waals surface area contributed by atoms with E-state index in [0.29, 0.717) is 47.5 Å². The lowest BCUT2D eigenvalue weighted by Gasteiger charge is -2.48. The zero-order valence-corrected chi connectivity index (χ0v) is 17.9. The number of carbonyl (C=O) groups excluding carboxylic acids is 1. The molecule has 6 aliphatic rings. The predicted molar refractivity (Wildman–Crippen MR) is 110 cm³/mol. The van der Waals surface area contributed by atoms with Crippen LogP contribution in [0.2, 0.25) is 0 Å². The van der Waals surface area contributed by atoms with Crippen molar-refractivity contribution in [3.63, 3.8) is 0 Å². The first-order chi connectivity index (χ1) is 14.7. The molecule has 1 aromatic heterocycles. The first-order valence-electron chi connectivity index (χ1n) is 11.9. The number of amides is 1. The van der Waals surface area contributed by atoms with Gasteiger partial charge in [-0.25, -0.2) is 0 Å². The highest BCUT2D eigenvalue weighted by molar-refractivity contribution is 5.82. The Labute approximate surface area is 177 Å². The number of hydrogen-bond donors (Lipinski definition) is 0. The number of ether oxygens (including phenoxy) is 1. The van der Waals surface area contributed by atoms with E-state index < -0.39 is 0 Å². The molecule has 1 aliphatic carbocycles. The van der Waals surface area contributed by atoms with Gasteiger partial charge in [0.05, 0.1) is 12.6 Å². The number of piperidine rings is 3. The highest BCUT2D eigenvalue weighted by atomic mass is 16.5. The van der Waals surface area contributed by atoms with Crippen LogP contribution in [0.25, 0.3) is 0 Å². The molecule has 1 aromatic rings. The zero-order valence-electron chi connectivity index (χ0n) is 17.9. The molecular formula is C22H33N5O3. The van der Waals surface area contributed by atoms with Crippen LogP contribution in [0.4, 0.5) is 6.01 Å². The van der Waals surface area contributed by atoms with Crippen molar-refractivity contribution < 1.29 is 14.1 Å². The molecule has 3 unspecified atom stereocenters. The van der Waals surface area contributed by atoms with Gasteiger partial charge < -0.3 is 19.1 Å². The third-order valence-electron chi connectivity index (χ3n) is 8.28. The summed E-state index contributed by atoms with van der Waals surface area (Å²) in [6.45, 7) is 8.56. The van der Waals surface area contributed by atoms with Crippen molar-refractivity contribution in [1.29, 1.82) is 0 Å². The Hall–Kier alpha value is -1.67. The Morgan fingerprint density at radius 2 is 1.90 bits per heavy atom. The third kappa shape index (κ3) is 3.23. The second kappa shape index (κ2) is 7.48. The average molecular weight is 416 g/mol. The molecule has 2 bridgehead atoms. The lowest BCUT2D eigenvalue weighted by molar-refractivity contribution is -0.134. The summed E-state index contributed by atoms with van der Waals surface area (Å²) in [7, 11) is 0. The number of hydrogen-bond acceptors (Lipinski definition) is 7. The number of fused-ring (bicyclic) bond motifs is 6. The summed E-state index contributed by atoms with van der Waals surface area (Å²) < 4.78 is 11.4. The van der Waals surface area contributed by atoms with E-state index in [9.17, 15) is 4.79 Å². The van der Waals surface area contributed by atoms with E-state index in [1.807, 2.05) is 6.92 Å². The Bertz CT molecular complexity index is 781. The molecule has 1 saturated carbocycles. The first-order valence-corrected chi connectivity index (χ1v) is 11.9. The molecule has 7 rings (SSSR count). The monoisotopic (exact) mass is 415 g/mol. The standard InChI is InChI=1S/C22H33N5O3/c1-14-23-22(30-24-14)27-10-15-5-8-29-13-16(27)9-19(15)26-11-17-18(12-26)20(17)21(28)25-6-3-2-4-7-25/h15-20H,2-13H2,1H3/t15?,16?,17-,18+,19?,20+. The van der Waals surface area contributed by atoms with Crippen LogP contribution in [-0.4, -0.2) is 83.9 Å². The average Bonchev–Trinajstić information content (AvgIpc) is 3.04. The summed E-state index contributed by atoms with van der Waals surface area (Å²) in [5.74, 6) is 3.18. The van der Waals surface area contributed by atoms with Crippen LogP contribution in [0.3, 0.4) is 0 Å². The molecule has 0 aromatic carbocycles. The van der Waals surface area contributed by atoms with Gasteiger partial charge in [0.2, 0.25) is 5.91 Å². The Kier molecular flexibility index (Phi) is 4.75. The highest BCUT2D eigenvalue weighted by Gasteiger charge is 2.61. The van der Waals surface area contributed by atoms with Crippen LogP contribution < -0.4 is 4.90 Å². The Morgan fingerprint density at radius 3 is 2.63 bits per heavy atom. The van der Waals surface area contributed by atoms with Gasteiger partial charge in [-0.3, -0.25) is 9.69 Å². The second-order valence-corrected chi connectivity index (χ2v) is 10.1. The minimum atomic E-state index is 0.286. The maximum atomic E-state index is 12.9. The fourth-order valence-corrected chi connectivity index (χ4v) is 6.62. The van der Waals surface area contributed by atoms with Crippen molar-refractivity contribution >= 4 is 11.9 Å². The van der Waals surface area contributed by atoms with E-state index in [1.54, 1.807) is 0 Å². The van der Waals surface area contributed by atoms with Gasteiger partial charge >= 0.3 is 6.01 Å². The summed E-state index contributed by atoms with van der Waals surface area (Å²) in [5, 5.41) is 3.99. The molecule has 0 spiro atoms. The predicted octanol–water partition coefficient (Wildman–Crippen LogP) is 1.55. The molecule has 6 atom stereocenters. The molecule has 0 N–H and O–H groups in total. The van der Waals surface area contributed by atoms with Crippen molar-refractivity contribution in [3.8, 4) is 0 Å². The van der Waals surface area contributed by atoms with E-state index in [0.717, 1.165) is 58.8 Å². The zero-order chi connectivity index (χ0) is 20.2. The van der Waals surface area contributed by atoms with Crippen molar-refractivity contribution in [2.75, 3.05) is 50.8 Å². The van der Waals surface area contributed by atoms with Crippen LogP contribution in [0.1, 0.15) is 37.9 Å². The highest BCUT2D eigenvalue weighted by Crippen LogP contribution is 2.54. The lowest BCUT2D eigenvalue weighted by atomic mass is 9.83. The van der Waals surface area contributed by atoms with Gasteiger partial charge in [0.1, 0.15) is 0 Å². The number of nitrogens with zero attached hydrogens (tertiary/aromatic N) is 5. The molecule has 6 heterocycles. The second-order valence-electron chi connectivity index (χ2n) is 10.1. The molecule has 8 heteroatoms. The Morgan fingerprint density at radius 1 is 1.10 bits per heavy atom.